The quantitative estimate of drug-likeness (QED) is 0.856. The van der Waals surface area contributed by atoms with Crippen LogP contribution in [0.4, 0.5) is 0 Å². The molecular formula is C18H23N3O3S. The fourth-order valence-corrected chi connectivity index (χ4v) is 4.22. The second-order valence-electron chi connectivity index (χ2n) is 6.12. The Balaban J connectivity index is 1.71. The van der Waals surface area contributed by atoms with Crippen molar-refractivity contribution in [2.24, 2.45) is 7.05 Å². The zero-order chi connectivity index (χ0) is 17.7. The van der Waals surface area contributed by atoms with Gasteiger partial charge in [-0.15, -0.1) is 16.9 Å². The molecule has 1 saturated heterocycles. The Hall–Kier alpha value is -1.99. The van der Waals surface area contributed by atoms with Crippen LogP contribution in [-0.2, 0) is 11.8 Å². The van der Waals surface area contributed by atoms with Gasteiger partial charge in [0.05, 0.1) is 7.11 Å². The van der Waals surface area contributed by atoms with Crippen LogP contribution in [0, 0.1) is 0 Å². The first-order chi connectivity index (χ1) is 12.1. The smallest absolute Gasteiger partial charge is 0.258 e. The molecular weight excluding hydrogens is 338 g/mol. The summed E-state index contributed by atoms with van der Waals surface area (Å²) in [6.07, 6.45) is 3.48. The fraction of sp³-hybridized carbons (Fsp3) is 0.444. The summed E-state index contributed by atoms with van der Waals surface area (Å²) in [4.78, 5) is 13.8. The van der Waals surface area contributed by atoms with Gasteiger partial charge in [-0.3, -0.25) is 9.48 Å². The number of methoxy groups -OCH3 is 1. The molecule has 0 unspecified atom stereocenters. The molecule has 1 aromatic carbocycles. The normalized spacial score (nSPS) is 16.4. The number of aromatic nitrogens is 2. The number of thioether (sulfide) groups is 1. The molecule has 7 heteroatoms. The lowest BCUT2D eigenvalue weighted by molar-refractivity contribution is 0.0740. The van der Waals surface area contributed by atoms with Gasteiger partial charge in [-0.1, -0.05) is 18.2 Å². The van der Waals surface area contributed by atoms with Gasteiger partial charge in [0.1, 0.15) is 5.56 Å². The third-order valence-corrected chi connectivity index (χ3v) is 5.78. The second-order valence-corrected chi connectivity index (χ2v) is 7.66. The number of nitrogens with one attached hydrogen (secondary N) is 1. The molecule has 2 heterocycles. The van der Waals surface area contributed by atoms with E-state index in [2.05, 4.69) is 22.5 Å². The van der Waals surface area contributed by atoms with Crippen molar-refractivity contribution in [3.8, 4) is 5.88 Å². The average molecular weight is 361 g/mol. The molecule has 134 valence electrons. The Morgan fingerprint density at radius 3 is 2.76 bits per heavy atom. The maximum absolute atomic E-state index is 12.6. The number of rotatable bonds is 6. The third-order valence-electron chi connectivity index (χ3n) is 4.29. The first-order valence-corrected chi connectivity index (χ1v) is 9.11. The monoisotopic (exact) mass is 361 g/mol. The Labute approximate surface area is 151 Å². The van der Waals surface area contributed by atoms with E-state index in [1.165, 1.54) is 12.0 Å². The van der Waals surface area contributed by atoms with Crippen molar-refractivity contribution < 1.29 is 14.3 Å². The van der Waals surface area contributed by atoms with Crippen LogP contribution in [0.3, 0.4) is 0 Å². The summed E-state index contributed by atoms with van der Waals surface area (Å²) in [7, 11) is 3.29. The molecule has 25 heavy (non-hydrogen) atoms. The average Bonchev–Trinajstić information content (AvgIpc) is 3.02. The van der Waals surface area contributed by atoms with Gasteiger partial charge in [-0.05, 0) is 25.0 Å². The van der Waals surface area contributed by atoms with E-state index in [4.69, 9.17) is 9.47 Å². The number of carbonyl (C=O) groups excluding carboxylic acids is 1. The summed E-state index contributed by atoms with van der Waals surface area (Å²) in [6, 6.07) is 10.3. The largest absolute Gasteiger partial charge is 0.479 e. The molecule has 2 aromatic rings. The minimum absolute atomic E-state index is 0.0648. The molecule has 0 saturated carbocycles. The van der Waals surface area contributed by atoms with Gasteiger partial charge in [-0.25, -0.2) is 0 Å². The zero-order valence-electron chi connectivity index (χ0n) is 14.5. The highest BCUT2D eigenvalue weighted by Crippen LogP contribution is 2.40. The SMILES string of the molecule is COc1nn(C)cc1C(=O)NCC1(Sc2ccccc2)CCOCC1. The number of benzene rings is 1. The molecule has 0 bridgehead atoms. The van der Waals surface area contributed by atoms with Crippen molar-refractivity contribution in [1.82, 2.24) is 15.1 Å². The highest BCUT2D eigenvalue weighted by atomic mass is 32.2. The lowest BCUT2D eigenvalue weighted by Gasteiger charge is -2.36. The molecule has 3 rings (SSSR count). The number of hydrogen-bond acceptors (Lipinski definition) is 5. The predicted molar refractivity (Wildman–Crippen MR) is 97.2 cm³/mol. The number of amides is 1. The van der Waals surface area contributed by atoms with Crippen LogP contribution in [0.2, 0.25) is 0 Å². The van der Waals surface area contributed by atoms with Gasteiger partial charge in [0.15, 0.2) is 0 Å². The summed E-state index contributed by atoms with van der Waals surface area (Å²) in [5, 5.41) is 7.21. The third kappa shape index (κ3) is 4.35. The number of hydrogen-bond donors (Lipinski definition) is 1. The van der Waals surface area contributed by atoms with E-state index in [1.807, 2.05) is 30.0 Å². The van der Waals surface area contributed by atoms with E-state index in [1.54, 1.807) is 17.9 Å². The van der Waals surface area contributed by atoms with E-state index in [-0.39, 0.29) is 10.7 Å². The molecule has 0 spiro atoms. The molecule has 6 nitrogen and oxygen atoms in total. The zero-order valence-corrected chi connectivity index (χ0v) is 15.3. The minimum Gasteiger partial charge on any atom is -0.479 e. The van der Waals surface area contributed by atoms with Crippen molar-refractivity contribution in [1.29, 1.82) is 0 Å². The molecule has 0 aliphatic carbocycles. The summed E-state index contributed by atoms with van der Waals surface area (Å²) in [5.74, 6) is 0.182. The number of aryl methyl sites for hydroxylation is 1. The molecule has 0 radical (unpaired) electrons. The summed E-state index contributed by atoms with van der Waals surface area (Å²) >= 11 is 1.82. The van der Waals surface area contributed by atoms with Crippen LogP contribution < -0.4 is 10.1 Å². The van der Waals surface area contributed by atoms with Crippen LogP contribution in [-0.4, -0.2) is 47.3 Å². The van der Waals surface area contributed by atoms with Gasteiger partial charge < -0.3 is 14.8 Å². The van der Waals surface area contributed by atoms with E-state index >= 15 is 0 Å². The van der Waals surface area contributed by atoms with Crippen LogP contribution in [0.15, 0.2) is 41.4 Å². The Morgan fingerprint density at radius 2 is 2.08 bits per heavy atom. The lowest BCUT2D eigenvalue weighted by Crippen LogP contribution is -2.44. The fourth-order valence-electron chi connectivity index (χ4n) is 2.91. The standard InChI is InChI=1S/C18H23N3O3S/c1-21-12-15(17(20-21)23-2)16(22)19-13-18(8-10-24-11-9-18)25-14-6-4-3-5-7-14/h3-7,12H,8-11,13H2,1-2H3,(H,19,22). The number of nitrogens with zero attached hydrogens (tertiary/aromatic N) is 2. The van der Waals surface area contributed by atoms with Crippen LogP contribution in [0.1, 0.15) is 23.2 Å². The van der Waals surface area contributed by atoms with Gasteiger partial charge in [0.25, 0.3) is 5.91 Å². The topological polar surface area (TPSA) is 65.4 Å². The highest BCUT2D eigenvalue weighted by Gasteiger charge is 2.34. The highest BCUT2D eigenvalue weighted by molar-refractivity contribution is 8.00. The molecule has 1 aliphatic rings. The summed E-state index contributed by atoms with van der Waals surface area (Å²) in [6.45, 7) is 2.00. The number of carbonyl (C=O) groups is 1. The van der Waals surface area contributed by atoms with E-state index in [0.717, 1.165) is 12.8 Å². The summed E-state index contributed by atoms with van der Waals surface area (Å²) < 4.78 is 12.2. The second kappa shape index (κ2) is 7.93. The van der Waals surface area contributed by atoms with Crippen molar-refractivity contribution in [3.63, 3.8) is 0 Å². The van der Waals surface area contributed by atoms with E-state index < -0.39 is 0 Å². The molecule has 1 aromatic heterocycles. The number of ether oxygens (including phenoxy) is 2. The van der Waals surface area contributed by atoms with Crippen molar-refractivity contribution in [3.05, 3.63) is 42.1 Å². The maximum Gasteiger partial charge on any atom is 0.258 e. The van der Waals surface area contributed by atoms with Crippen molar-refractivity contribution >= 4 is 17.7 Å². The first-order valence-electron chi connectivity index (χ1n) is 8.29. The van der Waals surface area contributed by atoms with E-state index in [0.29, 0.717) is 31.2 Å². The minimum atomic E-state index is -0.163. The van der Waals surface area contributed by atoms with Crippen LogP contribution in [0.5, 0.6) is 5.88 Å². The lowest BCUT2D eigenvalue weighted by atomic mass is 9.99. The van der Waals surface area contributed by atoms with Gasteiger partial charge in [0, 0.05) is 42.6 Å². The molecule has 1 aliphatic heterocycles. The Morgan fingerprint density at radius 1 is 1.36 bits per heavy atom. The van der Waals surface area contributed by atoms with Gasteiger partial charge >= 0.3 is 0 Å². The molecule has 1 N–H and O–H groups in total. The first kappa shape index (κ1) is 17.8. The van der Waals surface area contributed by atoms with Crippen LogP contribution in [0.25, 0.3) is 0 Å². The van der Waals surface area contributed by atoms with E-state index in [9.17, 15) is 4.79 Å². The summed E-state index contributed by atoms with van der Waals surface area (Å²) in [5.41, 5.74) is 0.455. The van der Waals surface area contributed by atoms with Crippen LogP contribution >= 0.6 is 11.8 Å². The van der Waals surface area contributed by atoms with Crippen molar-refractivity contribution in [2.75, 3.05) is 26.9 Å². The molecule has 1 amide bonds. The van der Waals surface area contributed by atoms with Gasteiger partial charge in [-0.2, -0.15) is 0 Å². The molecule has 1 fully saturated rings. The van der Waals surface area contributed by atoms with Gasteiger partial charge in [0.2, 0.25) is 5.88 Å². The maximum atomic E-state index is 12.6. The Bertz CT molecular complexity index is 712. The molecule has 0 atom stereocenters. The Kier molecular flexibility index (Phi) is 5.65. The van der Waals surface area contributed by atoms with Crippen molar-refractivity contribution in [2.45, 2.75) is 22.5 Å². The predicted octanol–water partition coefficient (Wildman–Crippen LogP) is 2.50.